The van der Waals surface area contributed by atoms with Gasteiger partial charge in [0.05, 0.1) is 12.2 Å². The Kier molecular flexibility index (Phi) is 5.73. The van der Waals surface area contributed by atoms with Gasteiger partial charge in [0.25, 0.3) is 0 Å². The summed E-state index contributed by atoms with van der Waals surface area (Å²) < 4.78 is 10.8. The number of ether oxygens (including phenoxy) is 2. The van der Waals surface area contributed by atoms with Gasteiger partial charge in [0.2, 0.25) is 0 Å². The van der Waals surface area contributed by atoms with Crippen LogP contribution in [0.5, 0.6) is 0 Å². The summed E-state index contributed by atoms with van der Waals surface area (Å²) in [5.41, 5.74) is 0.974. The summed E-state index contributed by atoms with van der Waals surface area (Å²) in [6.07, 6.45) is 3.32. The standard InChI is InChI=1S/C11H18N2O2/c1-3-14-11(15-4-2)9-13-10-6-5-7-12-8-10/h5-8,11,13H,3-4,9H2,1-2H3. The molecule has 0 spiro atoms. The molecular formula is C11H18N2O2. The summed E-state index contributed by atoms with van der Waals surface area (Å²) in [5, 5.41) is 3.20. The Morgan fingerprint density at radius 1 is 1.33 bits per heavy atom. The Labute approximate surface area is 90.6 Å². The first-order valence-electron chi connectivity index (χ1n) is 5.24. The zero-order valence-corrected chi connectivity index (χ0v) is 9.27. The van der Waals surface area contributed by atoms with Gasteiger partial charge in [0.1, 0.15) is 0 Å². The van der Waals surface area contributed by atoms with Crippen molar-refractivity contribution in [3.8, 4) is 0 Å². The average Bonchev–Trinajstić information content (AvgIpc) is 2.28. The van der Waals surface area contributed by atoms with Gasteiger partial charge < -0.3 is 14.8 Å². The molecule has 1 N–H and O–H groups in total. The summed E-state index contributed by atoms with van der Waals surface area (Å²) in [7, 11) is 0. The molecule has 1 heterocycles. The first kappa shape index (κ1) is 11.9. The highest BCUT2D eigenvalue weighted by Gasteiger charge is 2.06. The predicted molar refractivity (Wildman–Crippen MR) is 59.8 cm³/mol. The van der Waals surface area contributed by atoms with Gasteiger partial charge in [-0.2, -0.15) is 0 Å². The highest BCUT2D eigenvalue weighted by molar-refractivity contribution is 5.39. The fourth-order valence-electron chi connectivity index (χ4n) is 1.21. The van der Waals surface area contributed by atoms with Gasteiger partial charge in [-0.05, 0) is 26.0 Å². The third-order valence-electron chi connectivity index (χ3n) is 1.84. The molecule has 0 aliphatic carbocycles. The fourth-order valence-corrected chi connectivity index (χ4v) is 1.21. The van der Waals surface area contributed by atoms with Gasteiger partial charge >= 0.3 is 0 Å². The quantitative estimate of drug-likeness (QED) is 0.698. The third kappa shape index (κ3) is 4.76. The Balaban J connectivity index is 2.33. The summed E-state index contributed by atoms with van der Waals surface area (Å²) in [6, 6.07) is 3.85. The van der Waals surface area contributed by atoms with Gasteiger partial charge in [-0.25, -0.2) is 0 Å². The van der Waals surface area contributed by atoms with E-state index in [1.165, 1.54) is 0 Å². The van der Waals surface area contributed by atoms with Crippen LogP contribution in [0.4, 0.5) is 5.69 Å². The third-order valence-corrected chi connectivity index (χ3v) is 1.84. The van der Waals surface area contributed by atoms with Crippen LogP contribution < -0.4 is 5.32 Å². The average molecular weight is 210 g/mol. The molecule has 0 bridgehead atoms. The second kappa shape index (κ2) is 7.20. The number of rotatable bonds is 7. The normalized spacial score (nSPS) is 10.6. The maximum Gasteiger partial charge on any atom is 0.174 e. The molecule has 0 saturated carbocycles. The lowest BCUT2D eigenvalue weighted by molar-refractivity contribution is -0.126. The first-order valence-corrected chi connectivity index (χ1v) is 5.24. The molecule has 1 aromatic rings. The highest BCUT2D eigenvalue weighted by Crippen LogP contribution is 2.04. The zero-order valence-electron chi connectivity index (χ0n) is 9.27. The van der Waals surface area contributed by atoms with Gasteiger partial charge in [0, 0.05) is 25.6 Å². The van der Waals surface area contributed by atoms with Crippen molar-refractivity contribution in [3.63, 3.8) is 0 Å². The number of hydrogen-bond donors (Lipinski definition) is 1. The van der Waals surface area contributed by atoms with E-state index in [1.54, 1.807) is 12.4 Å². The minimum atomic E-state index is -0.194. The van der Waals surface area contributed by atoms with E-state index in [9.17, 15) is 0 Å². The van der Waals surface area contributed by atoms with Crippen LogP contribution in [0.3, 0.4) is 0 Å². The molecule has 4 heteroatoms. The van der Waals surface area contributed by atoms with Gasteiger partial charge in [0.15, 0.2) is 6.29 Å². The summed E-state index contributed by atoms with van der Waals surface area (Å²) >= 11 is 0. The Morgan fingerprint density at radius 3 is 2.60 bits per heavy atom. The van der Waals surface area contributed by atoms with Crippen LogP contribution in [0.1, 0.15) is 13.8 Å². The van der Waals surface area contributed by atoms with E-state index >= 15 is 0 Å². The van der Waals surface area contributed by atoms with Crippen LogP contribution in [0, 0.1) is 0 Å². The molecule has 0 atom stereocenters. The smallest absolute Gasteiger partial charge is 0.174 e. The van der Waals surface area contributed by atoms with E-state index in [1.807, 2.05) is 26.0 Å². The van der Waals surface area contributed by atoms with Crippen molar-refractivity contribution in [2.45, 2.75) is 20.1 Å². The lowest BCUT2D eigenvalue weighted by atomic mass is 10.4. The minimum Gasteiger partial charge on any atom is -0.379 e. The molecule has 0 aromatic carbocycles. The van der Waals surface area contributed by atoms with E-state index in [2.05, 4.69) is 10.3 Å². The molecule has 0 aliphatic heterocycles. The predicted octanol–water partition coefficient (Wildman–Crippen LogP) is 1.89. The van der Waals surface area contributed by atoms with Crippen LogP contribution in [-0.2, 0) is 9.47 Å². The molecule has 15 heavy (non-hydrogen) atoms. The fraction of sp³-hybridized carbons (Fsp3) is 0.545. The Bertz CT molecular complexity index is 248. The first-order chi connectivity index (χ1) is 7.36. The summed E-state index contributed by atoms with van der Waals surface area (Å²) in [4.78, 5) is 4.01. The lowest BCUT2D eigenvalue weighted by Gasteiger charge is -2.17. The van der Waals surface area contributed by atoms with Crippen LogP contribution in [0.15, 0.2) is 24.5 Å². The Hall–Kier alpha value is -1.13. The van der Waals surface area contributed by atoms with Crippen molar-refractivity contribution in [2.24, 2.45) is 0 Å². The van der Waals surface area contributed by atoms with Crippen LogP contribution >= 0.6 is 0 Å². The monoisotopic (exact) mass is 210 g/mol. The number of nitrogens with zero attached hydrogens (tertiary/aromatic N) is 1. The van der Waals surface area contributed by atoms with Crippen molar-refractivity contribution < 1.29 is 9.47 Å². The van der Waals surface area contributed by atoms with E-state index in [-0.39, 0.29) is 6.29 Å². The maximum atomic E-state index is 5.40. The van der Waals surface area contributed by atoms with Crippen molar-refractivity contribution >= 4 is 5.69 Å². The van der Waals surface area contributed by atoms with Gasteiger partial charge in [-0.1, -0.05) is 0 Å². The summed E-state index contributed by atoms with van der Waals surface area (Å²) in [6.45, 7) is 5.85. The van der Waals surface area contributed by atoms with Crippen molar-refractivity contribution in [1.82, 2.24) is 4.98 Å². The van der Waals surface area contributed by atoms with Crippen LogP contribution in [-0.4, -0.2) is 31.0 Å². The van der Waals surface area contributed by atoms with E-state index < -0.39 is 0 Å². The number of nitrogens with one attached hydrogen (secondary N) is 1. The molecule has 0 unspecified atom stereocenters. The molecule has 1 aromatic heterocycles. The molecule has 0 aliphatic rings. The Morgan fingerprint density at radius 2 is 2.07 bits per heavy atom. The highest BCUT2D eigenvalue weighted by atomic mass is 16.7. The number of aromatic nitrogens is 1. The number of anilines is 1. The van der Waals surface area contributed by atoms with Crippen molar-refractivity contribution in [3.05, 3.63) is 24.5 Å². The minimum absolute atomic E-state index is 0.194. The number of pyridine rings is 1. The second-order valence-electron chi connectivity index (χ2n) is 2.96. The molecule has 0 fully saturated rings. The molecule has 84 valence electrons. The second-order valence-corrected chi connectivity index (χ2v) is 2.96. The van der Waals surface area contributed by atoms with Crippen molar-refractivity contribution in [2.75, 3.05) is 25.1 Å². The number of hydrogen-bond acceptors (Lipinski definition) is 4. The topological polar surface area (TPSA) is 43.4 Å². The van der Waals surface area contributed by atoms with Gasteiger partial charge in [-0.15, -0.1) is 0 Å². The van der Waals surface area contributed by atoms with E-state index in [4.69, 9.17) is 9.47 Å². The molecule has 4 nitrogen and oxygen atoms in total. The molecule has 0 radical (unpaired) electrons. The summed E-state index contributed by atoms with van der Waals surface area (Å²) in [5.74, 6) is 0. The molecule has 1 rings (SSSR count). The SMILES string of the molecule is CCOC(CNc1cccnc1)OCC. The van der Waals surface area contributed by atoms with E-state index in [0.717, 1.165) is 5.69 Å². The van der Waals surface area contributed by atoms with E-state index in [0.29, 0.717) is 19.8 Å². The van der Waals surface area contributed by atoms with Crippen LogP contribution in [0.25, 0.3) is 0 Å². The van der Waals surface area contributed by atoms with Crippen molar-refractivity contribution in [1.29, 1.82) is 0 Å². The van der Waals surface area contributed by atoms with Crippen LogP contribution in [0.2, 0.25) is 0 Å². The largest absolute Gasteiger partial charge is 0.379 e. The van der Waals surface area contributed by atoms with Gasteiger partial charge in [-0.3, -0.25) is 4.98 Å². The maximum absolute atomic E-state index is 5.40. The lowest BCUT2D eigenvalue weighted by Crippen LogP contribution is -2.26. The molecule has 0 saturated heterocycles. The molecular weight excluding hydrogens is 192 g/mol. The zero-order chi connectivity index (χ0) is 10.9. The molecule has 0 amide bonds.